The van der Waals surface area contributed by atoms with E-state index in [0.717, 1.165) is 36.1 Å². The molecule has 0 aliphatic carbocycles. The van der Waals surface area contributed by atoms with Crippen LogP contribution < -0.4 is 15.0 Å². The maximum Gasteiger partial charge on any atom is 0.262 e. The van der Waals surface area contributed by atoms with E-state index >= 15 is 0 Å². The Morgan fingerprint density at radius 2 is 1.83 bits per heavy atom. The molecule has 1 amide bonds. The highest BCUT2D eigenvalue weighted by molar-refractivity contribution is 5.92. The number of anilines is 2. The molecule has 2 aromatic carbocycles. The predicted molar refractivity (Wildman–Crippen MR) is 119 cm³/mol. The van der Waals surface area contributed by atoms with Crippen LogP contribution in [0.1, 0.15) is 19.8 Å². The topological polar surface area (TPSA) is 67.4 Å². The molecule has 0 spiro atoms. The summed E-state index contributed by atoms with van der Waals surface area (Å²) in [6.45, 7) is 4.31. The first-order valence-corrected chi connectivity index (χ1v) is 10.3. The summed E-state index contributed by atoms with van der Waals surface area (Å²) in [5.41, 5.74) is 2.38. The zero-order valence-electron chi connectivity index (χ0n) is 17.1. The summed E-state index contributed by atoms with van der Waals surface area (Å²) in [6.07, 6.45) is 2.39. The second-order valence-corrected chi connectivity index (χ2v) is 7.68. The van der Waals surface area contributed by atoms with Crippen molar-refractivity contribution in [2.24, 2.45) is 5.92 Å². The van der Waals surface area contributed by atoms with E-state index < -0.39 is 0 Å². The summed E-state index contributed by atoms with van der Waals surface area (Å²) in [4.78, 5) is 14.5. The summed E-state index contributed by atoms with van der Waals surface area (Å²) in [6, 6.07) is 20.9. The van der Waals surface area contributed by atoms with Crippen LogP contribution in [0.5, 0.6) is 5.75 Å². The number of ether oxygens (including phenoxy) is 1. The Hall–Kier alpha value is -3.41. The summed E-state index contributed by atoms with van der Waals surface area (Å²) in [5.74, 6) is 2.16. The Balaban J connectivity index is 1.37. The van der Waals surface area contributed by atoms with E-state index in [4.69, 9.17) is 4.74 Å². The minimum absolute atomic E-state index is 0.0444. The lowest BCUT2D eigenvalue weighted by Gasteiger charge is -2.30. The predicted octanol–water partition coefficient (Wildman–Crippen LogP) is 4.40. The average molecular weight is 402 g/mol. The zero-order chi connectivity index (χ0) is 20.8. The molecule has 4 rings (SSSR count). The number of hydrogen-bond acceptors (Lipinski definition) is 5. The fraction of sp³-hybridized carbons (Fsp3) is 0.292. The Morgan fingerprint density at radius 1 is 1.03 bits per heavy atom. The van der Waals surface area contributed by atoms with E-state index in [2.05, 4.69) is 27.3 Å². The first-order valence-electron chi connectivity index (χ1n) is 10.3. The molecule has 2 heterocycles. The normalized spacial score (nSPS) is 14.4. The lowest BCUT2D eigenvalue weighted by atomic mass is 9.99. The standard InChI is InChI=1S/C24H26N4O2/c1-18-12-14-28(15-13-18)23-11-10-22(26-27-23)19-6-5-7-20(16-19)25-24(29)17-30-21-8-3-2-4-9-21/h2-11,16,18H,12-15,17H2,1H3,(H,25,29). The van der Waals surface area contributed by atoms with Crippen molar-refractivity contribution < 1.29 is 9.53 Å². The number of amides is 1. The van der Waals surface area contributed by atoms with Gasteiger partial charge in [-0.25, -0.2) is 0 Å². The van der Waals surface area contributed by atoms with E-state index in [9.17, 15) is 4.79 Å². The molecule has 1 saturated heterocycles. The zero-order valence-corrected chi connectivity index (χ0v) is 17.1. The Kier molecular flexibility index (Phi) is 6.23. The van der Waals surface area contributed by atoms with Crippen molar-refractivity contribution in [2.75, 3.05) is 29.9 Å². The van der Waals surface area contributed by atoms with Gasteiger partial charge in [0.1, 0.15) is 5.75 Å². The number of carbonyl (C=O) groups is 1. The van der Waals surface area contributed by atoms with Crippen LogP contribution in [0, 0.1) is 5.92 Å². The molecule has 0 saturated carbocycles. The van der Waals surface area contributed by atoms with Crippen molar-refractivity contribution in [3.8, 4) is 17.0 Å². The van der Waals surface area contributed by atoms with E-state index in [1.807, 2.05) is 66.7 Å². The smallest absolute Gasteiger partial charge is 0.262 e. The second-order valence-electron chi connectivity index (χ2n) is 7.68. The highest BCUT2D eigenvalue weighted by Crippen LogP contribution is 2.24. The van der Waals surface area contributed by atoms with Gasteiger partial charge in [-0.3, -0.25) is 4.79 Å². The van der Waals surface area contributed by atoms with Crippen LogP contribution in [0.2, 0.25) is 0 Å². The summed E-state index contributed by atoms with van der Waals surface area (Å²) >= 11 is 0. The van der Waals surface area contributed by atoms with Crippen LogP contribution in [0.3, 0.4) is 0 Å². The lowest BCUT2D eigenvalue weighted by Crippen LogP contribution is -2.33. The molecule has 0 atom stereocenters. The second kappa shape index (κ2) is 9.39. The average Bonchev–Trinajstić information content (AvgIpc) is 2.79. The van der Waals surface area contributed by atoms with Gasteiger partial charge in [0.05, 0.1) is 5.69 Å². The SMILES string of the molecule is CC1CCN(c2ccc(-c3cccc(NC(=O)COc4ccccc4)c3)nn2)CC1. The molecule has 1 aromatic heterocycles. The van der Waals surface area contributed by atoms with Crippen LogP contribution in [0.4, 0.5) is 11.5 Å². The van der Waals surface area contributed by atoms with Crippen LogP contribution in [-0.4, -0.2) is 35.8 Å². The van der Waals surface area contributed by atoms with E-state index in [-0.39, 0.29) is 12.5 Å². The van der Waals surface area contributed by atoms with E-state index in [1.165, 1.54) is 12.8 Å². The molecular formula is C24H26N4O2. The van der Waals surface area contributed by atoms with Gasteiger partial charge in [0.15, 0.2) is 12.4 Å². The number of nitrogens with one attached hydrogen (secondary N) is 1. The monoisotopic (exact) mass is 402 g/mol. The first-order chi connectivity index (χ1) is 14.7. The number of piperidine rings is 1. The van der Waals surface area contributed by atoms with Crippen LogP contribution in [0.15, 0.2) is 66.7 Å². The molecule has 1 fully saturated rings. The van der Waals surface area contributed by atoms with Gasteiger partial charge in [-0.05, 0) is 55.2 Å². The van der Waals surface area contributed by atoms with Gasteiger partial charge in [-0.1, -0.05) is 37.3 Å². The minimum atomic E-state index is -0.211. The Labute approximate surface area is 176 Å². The third kappa shape index (κ3) is 5.14. The van der Waals surface area contributed by atoms with Crippen LogP contribution in [-0.2, 0) is 4.79 Å². The van der Waals surface area contributed by atoms with Gasteiger partial charge < -0.3 is 15.0 Å². The number of para-hydroxylation sites is 1. The van der Waals surface area contributed by atoms with Crippen LogP contribution in [0.25, 0.3) is 11.3 Å². The molecule has 1 N–H and O–H groups in total. The van der Waals surface area contributed by atoms with Crippen molar-refractivity contribution in [3.63, 3.8) is 0 Å². The van der Waals surface area contributed by atoms with Gasteiger partial charge in [0, 0.05) is 24.3 Å². The molecule has 1 aliphatic rings. The van der Waals surface area contributed by atoms with Gasteiger partial charge >= 0.3 is 0 Å². The van der Waals surface area contributed by atoms with Crippen molar-refractivity contribution >= 4 is 17.4 Å². The van der Waals surface area contributed by atoms with Gasteiger partial charge in [0.2, 0.25) is 0 Å². The fourth-order valence-corrected chi connectivity index (χ4v) is 3.50. The maximum atomic E-state index is 12.2. The lowest BCUT2D eigenvalue weighted by molar-refractivity contribution is -0.118. The molecule has 6 heteroatoms. The highest BCUT2D eigenvalue weighted by atomic mass is 16.5. The third-order valence-corrected chi connectivity index (χ3v) is 5.31. The quantitative estimate of drug-likeness (QED) is 0.662. The largest absolute Gasteiger partial charge is 0.484 e. The van der Waals surface area contributed by atoms with Gasteiger partial charge in [-0.15, -0.1) is 10.2 Å². The first kappa shape index (κ1) is 19.9. The van der Waals surface area contributed by atoms with Crippen molar-refractivity contribution in [1.29, 1.82) is 0 Å². The van der Waals surface area contributed by atoms with E-state index in [1.54, 1.807) is 0 Å². The van der Waals surface area contributed by atoms with Crippen molar-refractivity contribution in [3.05, 3.63) is 66.7 Å². The van der Waals surface area contributed by atoms with Gasteiger partial charge in [-0.2, -0.15) is 0 Å². The number of hydrogen-bond donors (Lipinski definition) is 1. The Morgan fingerprint density at radius 3 is 2.57 bits per heavy atom. The van der Waals surface area contributed by atoms with Crippen molar-refractivity contribution in [1.82, 2.24) is 10.2 Å². The van der Waals surface area contributed by atoms with Crippen molar-refractivity contribution in [2.45, 2.75) is 19.8 Å². The molecule has 30 heavy (non-hydrogen) atoms. The molecule has 3 aromatic rings. The molecule has 0 bridgehead atoms. The summed E-state index contributed by atoms with van der Waals surface area (Å²) < 4.78 is 5.49. The number of rotatable bonds is 6. The molecule has 1 aliphatic heterocycles. The number of aromatic nitrogens is 2. The summed E-state index contributed by atoms with van der Waals surface area (Å²) in [5, 5.41) is 11.7. The third-order valence-electron chi connectivity index (χ3n) is 5.31. The van der Waals surface area contributed by atoms with Crippen LogP contribution >= 0.6 is 0 Å². The molecular weight excluding hydrogens is 376 g/mol. The summed E-state index contributed by atoms with van der Waals surface area (Å²) in [7, 11) is 0. The number of nitrogens with zero attached hydrogens (tertiary/aromatic N) is 3. The van der Waals surface area contributed by atoms with Gasteiger partial charge in [0.25, 0.3) is 5.91 Å². The highest BCUT2D eigenvalue weighted by Gasteiger charge is 2.17. The number of benzene rings is 2. The molecule has 0 unspecified atom stereocenters. The number of carbonyl (C=O) groups excluding carboxylic acids is 1. The Bertz CT molecular complexity index is 968. The minimum Gasteiger partial charge on any atom is -0.484 e. The molecule has 6 nitrogen and oxygen atoms in total. The molecule has 0 radical (unpaired) electrons. The van der Waals surface area contributed by atoms with E-state index in [0.29, 0.717) is 11.4 Å². The maximum absolute atomic E-state index is 12.2. The molecule has 154 valence electrons. The fourth-order valence-electron chi connectivity index (χ4n) is 3.50.